The van der Waals surface area contributed by atoms with Gasteiger partial charge in [0.15, 0.2) is 5.13 Å². The van der Waals surface area contributed by atoms with E-state index in [0.29, 0.717) is 18.2 Å². The van der Waals surface area contributed by atoms with Crippen LogP contribution < -0.4 is 5.32 Å². The number of benzene rings is 3. The average Bonchev–Trinajstić information content (AvgIpc) is 3.45. The number of carbonyl (C=O) groups is 1. The normalized spacial score (nSPS) is 13.9. The molecule has 5 rings (SSSR count). The van der Waals surface area contributed by atoms with Crippen LogP contribution in [0.1, 0.15) is 23.5 Å². The van der Waals surface area contributed by atoms with Crippen molar-refractivity contribution in [2.75, 3.05) is 51.3 Å². The van der Waals surface area contributed by atoms with Gasteiger partial charge in [0.1, 0.15) is 0 Å². The van der Waals surface area contributed by atoms with Gasteiger partial charge in [0.25, 0.3) is 0 Å². The highest BCUT2D eigenvalue weighted by Gasteiger charge is 2.21. The summed E-state index contributed by atoms with van der Waals surface area (Å²) < 4.78 is 6.53. The molecule has 6 nitrogen and oxygen atoms in total. The number of nitrogens with one attached hydrogen (secondary N) is 1. The summed E-state index contributed by atoms with van der Waals surface area (Å²) in [5.41, 5.74) is 4.40. The maximum absolute atomic E-state index is 13.6. The van der Waals surface area contributed by atoms with Gasteiger partial charge in [-0.1, -0.05) is 88.7 Å². The fourth-order valence-corrected chi connectivity index (χ4v) is 5.81. The zero-order chi connectivity index (χ0) is 26.9. The fourth-order valence-electron chi connectivity index (χ4n) is 4.84. The van der Waals surface area contributed by atoms with Crippen LogP contribution in [-0.4, -0.2) is 66.8 Å². The standard InChI is InChI=1S/C31H33BrN4O2S/c32-27-13-11-26(12-14-27)29-23-39-30(33-29)34-31(37)36(18-17-35-19-21-38-22-20-35)16-15-28(24-7-3-1-4-8-24)25-9-5-2-6-10-25/h1-14,23,28H,15-22H2,(H,33,34,37). The Morgan fingerprint density at radius 3 is 2.23 bits per heavy atom. The van der Waals surface area contributed by atoms with Gasteiger partial charge >= 0.3 is 6.03 Å². The van der Waals surface area contributed by atoms with Crippen LogP contribution in [0, 0.1) is 0 Å². The van der Waals surface area contributed by atoms with Crippen molar-refractivity contribution in [1.82, 2.24) is 14.8 Å². The fraction of sp³-hybridized carbons (Fsp3) is 0.290. The number of rotatable bonds is 10. The van der Waals surface area contributed by atoms with Gasteiger partial charge in [0.05, 0.1) is 18.9 Å². The molecule has 202 valence electrons. The van der Waals surface area contributed by atoms with Gasteiger partial charge < -0.3 is 9.64 Å². The molecule has 0 radical (unpaired) electrons. The Morgan fingerprint density at radius 1 is 0.949 bits per heavy atom. The van der Waals surface area contributed by atoms with E-state index >= 15 is 0 Å². The van der Waals surface area contributed by atoms with Crippen molar-refractivity contribution in [2.45, 2.75) is 12.3 Å². The highest BCUT2D eigenvalue weighted by atomic mass is 79.9. The average molecular weight is 606 g/mol. The lowest BCUT2D eigenvalue weighted by molar-refractivity contribution is 0.0351. The summed E-state index contributed by atoms with van der Waals surface area (Å²) in [6.07, 6.45) is 0.826. The molecule has 3 aromatic carbocycles. The lowest BCUT2D eigenvalue weighted by Gasteiger charge is -2.31. The molecule has 8 heteroatoms. The lowest BCUT2D eigenvalue weighted by atomic mass is 9.88. The van der Waals surface area contributed by atoms with E-state index in [2.05, 4.69) is 74.7 Å². The van der Waals surface area contributed by atoms with E-state index in [0.717, 1.165) is 55.0 Å². The molecule has 0 atom stereocenters. The van der Waals surface area contributed by atoms with Gasteiger partial charge in [-0.25, -0.2) is 9.78 Å². The molecular weight excluding hydrogens is 572 g/mol. The van der Waals surface area contributed by atoms with Gasteiger partial charge in [-0.3, -0.25) is 10.2 Å². The molecule has 1 saturated heterocycles. The number of urea groups is 1. The second-order valence-corrected chi connectivity index (χ2v) is 11.4. The van der Waals surface area contributed by atoms with Crippen LogP contribution >= 0.6 is 27.3 Å². The monoisotopic (exact) mass is 604 g/mol. The minimum absolute atomic E-state index is 0.111. The van der Waals surface area contributed by atoms with Gasteiger partial charge in [-0.05, 0) is 29.7 Å². The molecule has 1 fully saturated rings. The number of amides is 2. The first-order valence-corrected chi connectivity index (χ1v) is 15.0. The van der Waals surface area contributed by atoms with Crippen molar-refractivity contribution < 1.29 is 9.53 Å². The summed E-state index contributed by atoms with van der Waals surface area (Å²) in [6, 6.07) is 29.0. The van der Waals surface area contributed by atoms with Gasteiger partial charge in [0.2, 0.25) is 0 Å². The first-order chi connectivity index (χ1) is 19.2. The van der Waals surface area contributed by atoms with Crippen molar-refractivity contribution >= 4 is 38.4 Å². The maximum atomic E-state index is 13.6. The molecule has 0 unspecified atom stereocenters. The smallest absolute Gasteiger partial charge is 0.323 e. The number of aromatic nitrogens is 1. The second-order valence-electron chi connectivity index (χ2n) is 9.58. The van der Waals surface area contributed by atoms with Gasteiger partial charge in [0, 0.05) is 54.1 Å². The van der Waals surface area contributed by atoms with Crippen molar-refractivity contribution in [3.8, 4) is 11.3 Å². The number of morpholine rings is 1. The number of hydrogen-bond acceptors (Lipinski definition) is 5. The number of ether oxygens (including phenoxy) is 1. The molecule has 2 amide bonds. The van der Waals surface area contributed by atoms with Crippen LogP contribution in [0.15, 0.2) is 94.8 Å². The zero-order valence-corrected chi connectivity index (χ0v) is 24.2. The minimum atomic E-state index is -0.111. The summed E-state index contributed by atoms with van der Waals surface area (Å²) in [5.74, 6) is 0.204. The topological polar surface area (TPSA) is 57.7 Å². The third-order valence-corrected chi connectivity index (χ3v) is 8.31. The summed E-state index contributed by atoms with van der Waals surface area (Å²) in [6.45, 7) is 5.38. The largest absolute Gasteiger partial charge is 0.379 e. The number of hydrogen-bond donors (Lipinski definition) is 1. The number of carbonyl (C=O) groups excluding carboxylic acids is 1. The van der Waals surface area contributed by atoms with Crippen molar-refractivity contribution in [2.24, 2.45) is 0 Å². The predicted octanol–water partition coefficient (Wildman–Crippen LogP) is 6.96. The molecule has 0 aliphatic carbocycles. The molecule has 0 spiro atoms. The van der Waals surface area contributed by atoms with Crippen molar-refractivity contribution in [3.63, 3.8) is 0 Å². The number of anilines is 1. The molecule has 4 aromatic rings. The molecule has 1 aliphatic heterocycles. The van der Waals surface area contributed by atoms with E-state index in [1.807, 2.05) is 46.7 Å². The summed E-state index contributed by atoms with van der Waals surface area (Å²) in [5, 5.41) is 5.67. The van der Waals surface area contributed by atoms with Crippen molar-refractivity contribution in [1.29, 1.82) is 0 Å². The number of thiazole rings is 1. The Morgan fingerprint density at radius 2 is 1.59 bits per heavy atom. The Balaban J connectivity index is 1.30. The van der Waals surface area contributed by atoms with Crippen LogP contribution in [0.5, 0.6) is 0 Å². The molecule has 2 heterocycles. The third kappa shape index (κ3) is 7.76. The van der Waals surface area contributed by atoms with Crippen LogP contribution in [-0.2, 0) is 4.74 Å². The van der Waals surface area contributed by atoms with Crippen LogP contribution in [0.3, 0.4) is 0 Å². The Kier molecular flexibility index (Phi) is 9.77. The maximum Gasteiger partial charge on any atom is 0.323 e. The van der Waals surface area contributed by atoms with Gasteiger partial charge in [-0.2, -0.15) is 0 Å². The second kappa shape index (κ2) is 13.8. The molecule has 0 bridgehead atoms. The molecular formula is C31H33BrN4O2S. The number of nitrogens with zero attached hydrogens (tertiary/aromatic N) is 3. The van der Waals surface area contributed by atoms with Crippen molar-refractivity contribution in [3.05, 3.63) is 106 Å². The van der Waals surface area contributed by atoms with Crippen LogP contribution in [0.4, 0.5) is 9.93 Å². The van der Waals surface area contributed by atoms with E-state index in [-0.39, 0.29) is 11.9 Å². The van der Waals surface area contributed by atoms with E-state index in [4.69, 9.17) is 9.72 Å². The molecule has 1 aliphatic rings. The summed E-state index contributed by atoms with van der Waals surface area (Å²) in [4.78, 5) is 22.6. The lowest BCUT2D eigenvalue weighted by Crippen LogP contribution is -2.44. The number of halogens is 1. The van der Waals surface area contributed by atoms with E-state index in [9.17, 15) is 4.79 Å². The predicted molar refractivity (Wildman–Crippen MR) is 162 cm³/mol. The van der Waals surface area contributed by atoms with Crippen LogP contribution in [0.2, 0.25) is 0 Å². The highest BCUT2D eigenvalue weighted by molar-refractivity contribution is 9.10. The Hall–Kier alpha value is -3.04. The van der Waals surface area contributed by atoms with Gasteiger partial charge in [-0.15, -0.1) is 11.3 Å². The molecule has 1 N–H and O–H groups in total. The zero-order valence-electron chi connectivity index (χ0n) is 21.8. The highest BCUT2D eigenvalue weighted by Crippen LogP contribution is 2.29. The quantitative estimate of drug-likeness (QED) is 0.212. The van der Waals surface area contributed by atoms with E-state index in [1.165, 1.54) is 22.5 Å². The summed E-state index contributed by atoms with van der Waals surface area (Å²) in [7, 11) is 0. The molecule has 1 aromatic heterocycles. The SMILES string of the molecule is O=C(Nc1nc(-c2ccc(Br)cc2)cs1)N(CCC(c1ccccc1)c1ccccc1)CCN1CCOCC1. The summed E-state index contributed by atoms with van der Waals surface area (Å²) >= 11 is 4.93. The molecule has 0 saturated carbocycles. The molecule has 39 heavy (non-hydrogen) atoms. The first-order valence-electron chi connectivity index (χ1n) is 13.3. The van der Waals surface area contributed by atoms with E-state index in [1.54, 1.807) is 0 Å². The first kappa shape index (κ1) is 27.5. The minimum Gasteiger partial charge on any atom is -0.379 e. The van der Waals surface area contributed by atoms with Crippen LogP contribution in [0.25, 0.3) is 11.3 Å². The third-order valence-electron chi connectivity index (χ3n) is 7.03. The Bertz CT molecular complexity index is 1270. The van der Waals surface area contributed by atoms with E-state index < -0.39 is 0 Å². The Labute approximate surface area is 242 Å².